The third-order valence-corrected chi connectivity index (χ3v) is 7.24. The van der Waals surface area contributed by atoms with Gasteiger partial charge in [0, 0.05) is 24.5 Å². The number of hydrogen-bond acceptors (Lipinski definition) is 7. The molecule has 0 bridgehead atoms. The lowest BCUT2D eigenvalue weighted by molar-refractivity contribution is 0.0540. The summed E-state index contributed by atoms with van der Waals surface area (Å²) < 4.78 is 8.39. The molecular weight excluding hydrogens is 542 g/mol. The molecule has 10 nitrogen and oxygen atoms in total. The number of rotatable bonds is 18. The maximum absolute atomic E-state index is 12.6. The Labute approximate surface area is 256 Å². The van der Waals surface area contributed by atoms with Crippen molar-refractivity contribution in [1.82, 2.24) is 29.9 Å². The molecule has 43 heavy (non-hydrogen) atoms. The lowest BCUT2D eigenvalue weighted by Gasteiger charge is -2.19. The summed E-state index contributed by atoms with van der Waals surface area (Å²) in [4.78, 5) is 29.1. The number of benzene rings is 1. The Hall–Kier alpha value is -3.69. The van der Waals surface area contributed by atoms with Crippen molar-refractivity contribution in [1.29, 1.82) is 0 Å². The van der Waals surface area contributed by atoms with Gasteiger partial charge in [-0.3, -0.25) is 9.48 Å². The molecule has 0 atom stereocenters. The first-order valence-corrected chi connectivity index (χ1v) is 16.0. The molecule has 0 aliphatic carbocycles. The number of nitrogens with two attached hydrogens (primary N) is 1. The van der Waals surface area contributed by atoms with E-state index in [1.165, 1.54) is 55.1 Å². The largest absolute Gasteiger partial charge is 0.443 e. The molecule has 0 spiro atoms. The Morgan fingerprint density at radius 1 is 0.860 bits per heavy atom. The van der Waals surface area contributed by atoms with Crippen LogP contribution in [-0.2, 0) is 30.5 Å². The lowest BCUT2D eigenvalue weighted by Crippen LogP contribution is -2.27. The molecule has 0 saturated carbocycles. The number of nitrogens with one attached hydrogen (secondary N) is 1. The van der Waals surface area contributed by atoms with Gasteiger partial charge >= 0.3 is 6.09 Å². The van der Waals surface area contributed by atoms with E-state index < -0.39 is 11.7 Å². The predicted molar refractivity (Wildman–Crippen MR) is 170 cm³/mol. The summed E-state index contributed by atoms with van der Waals surface area (Å²) in [5.41, 5.74) is 8.98. The zero-order valence-corrected chi connectivity index (χ0v) is 26.6. The number of amides is 1. The highest BCUT2D eigenvalue weighted by molar-refractivity contribution is 5.94. The molecule has 0 unspecified atom stereocenters. The second kappa shape index (κ2) is 17.4. The van der Waals surface area contributed by atoms with Gasteiger partial charge in [0.2, 0.25) is 5.95 Å². The number of unbranched alkanes of at least 4 members (excludes halogenated alkanes) is 8. The van der Waals surface area contributed by atoms with Crippen LogP contribution in [0.1, 0.15) is 119 Å². The van der Waals surface area contributed by atoms with Gasteiger partial charge in [-0.25, -0.2) is 14.3 Å². The fraction of sp³-hybridized carbons (Fsp3) is 0.606. The molecule has 0 fully saturated rings. The van der Waals surface area contributed by atoms with E-state index in [0.717, 1.165) is 49.9 Å². The van der Waals surface area contributed by atoms with Crippen molar-refractivity contribution in [2.45, 2.75) is 123 Å². The topological polar surface area (TPSA) is 130 Å². The summed E-state index contributed by atoms with van der Waals surface area (Å²) in [5.74, 6) is 0.0736. The number of aryl methyl sites for hydroxylation is 3. The smallest absolute Gasteiger partial charge is 0.421 e. The second-order valence-corrected chi connectivity index (χ2v) is 12.3. The van der Waals surface area contributed by atoms with Crippen molar-refractivity contribution in [2.75, 3.05) is 12.3 Å². The number of aromatic nitrogens is 5. The van der Waals surface area contributed by atoms with E-state index in [4.69, 9.17) is 10.5 Å². The van der Waals surface area contributed by atoms with Gasteiger partial charge < -0.3 is 15.8 Å². The molecule has 236 valence electrons. The van der Waals surface area contributed by atoms with E-state index in [-0.39, 0.29) is 11.9 Å². The second-order valence-electron chi connectivity index (χ2n) is 12.3. The van der Waals surface area contributed by atoms with Crippen molar-refractivity contribution in [3.05, 3.63) is 59.2 Å². The number of carbonyl (C=O) groups is 2. The van der Waals surface area contributed by atoms with Crippen LogP contribution < -0.4 is 11.1 Å². The Kier molecular flexibility index (Phi) is 13.7. The summed E-state index contributed by atoms with van der Waals surface area (Å²) in [6.07, 6.45) is 17.7. The molecule has 0 aliphatic heterocycles. The first-order chi connectivity index (χ1) is 20.6. The average molecular weight is 594 g/mol. The minimum atomic E-state index is -0.594. The first kappa shape index (κ1) is 33.8. The lowest BCUT2D eigenvalue weighted by atomic mass is 10.0. The van der Waals surface area contributed by atoms with E-state index in [1.54, 1.807) is 10.9 Å². The maximum Gasteiger partial charge on any atom is 0.421 e. The highest BCUT2D eigenvalue weighted by Crippen LogP contribution is 2.15. The van der Waals surface area contributed by atoms with Crippen molar-refractivity contribution in [3.8, 4) is 0 Å². The monoisotopic (exact) mass is 593 g/mol. The molecule has 1 amide bonds. The van der Waals surface area contributed by atoms with Crippen LogP contribution in [0, 0.1) is 0 Å². The van der Waals surface area contributed by atoms with Crippen LogP contribution in [0.4, 0.5) is 10.7 Å². The molecule has 3 N–H and O–H groups in total. The quantitative estimate of drug-likeness (QED) is 0.161. The van der Waals surface area contributed by atoms with Crippen LogP contribution in [0.25, 0.3) is 0 Å². The Morgan fingerprint density at radius 3 is 2.19 bits per heavy atom. The summed E-state index contributed by atoms with van der Waals surface area (Å²) in [6.45, 7) is 8.74. The fourth-order valence-corrected chi connectivity index (χ4v) is 4.87. The minimum absolute atomic E-state index is 0.0690. The van der Waals surface area contributed by atoms with Gasteiger partial charge in [-0.2, -0.15) is 0 Å². The molecule has 10 heteroatoms. The SMILES string of the molecule is CCCCCCCCCc1ccc(C(=O)NCCn2cc(CCCCCc3cn(C(=O)OC(C)(C)C)c(N)n3)nn2)cc1. The van der Waals surface area contributed by atoms with E-state index in [9.17, 15) is 9.59 Å². The number of ether oxygens (including phenoxy) is 1. The van der Waals surface area contributed by atoms with Gasteiger partial charge in [0.1, 0.15) is 5.60 Å². The van der Waals surface area contributed by atoms with Crippen molar-refractivity contribution >= 4 is 17.9 Å². The molecule has 3 rings (SSSR count). The zero-order chi connectivity index (χ0) is 31.1. The van der Waals surface area contributed by atoms with Crippen LogP contribution in [0.5, 0.6) is 0 Å². The molecule has 0 aliphatic rings. The first-order valence-electron chi connectivity index (χ1n) is 16.0. The third-order valence-electron chi connectivity index (χ3n) is 7.24. The summed E-state index contributed by atoms with van der Waals surface area (Å²) in [7, 11) is 0. The van der Waals surface area contributed by atoms with E-state index >= 15 is 0 Å². The van der Waals surface area contributed by atoms with E-state index in [2.05, 4.69) is 39.7 Å². The number of imidazole rings is 1. The Balaban J connectivity index is 1.28. The maximum atomic E-state index is 12.6. The number of anilines is 1. The number of nitrogen functional groups attached to an aromatic ring is 1. The van der Waals surface area contributed by atoms with E-state index in [0.29, 0.717) is 18.7 Å². The van der Waals surface area contributed by atoms with Crippen LogP contribution >= 0.6 is 0 Å². The van der Waals surface area contributed by atoms with Crippen LogP contribution in [0.2, 0.25) is 0 Å². The van der Waals surface area contributed by atoms with Crippen molar-refractivity contribution in [3.63, 3.8) is 0 Å². The molecular formula is C33H51N7O3. The standard InChI is InChI=1S/C33H51N7O3/c1-5-6-7-8-9-10-12-15-26-18-20-27(21-19-26)30(41)35-22-23-39-24-29(37-38-39)17-14-11-13-16-28-25-40(31(34)36-28)32(42)43-33(2,3)4/h18-21,24-25H,5-17,22-23H2,1-4H3,(H2,34,36)(H,35,41). The highest BCUT2D eigenvalue weighted by atomic mass is 16.6. The van der Waals surface area contributed by atoms with Gasteiger partial charge in [0.25, 0.3) is 5.91 Å². The fourth-order valence-electron chi connectivity index (χ4n) is 4.87. The normalized spacial score (nSPS) is 11.5. The molecule has 0 saturated heterocycles. The Bertz CT molecular complexity index is 1260. The van der Waals surface area contributed by atoms with Gasteiger partial charge in [0.15, 0.2) is 0 Å². The molecule has 2 heterocycles. The van der Waals surface area contributed by atoms with E-state index in [1.807, 2.05) is 39.1 Å². The van der Waals surface area contributed by atoms with Gasteiger partial charge in [-0.05, 0) is 77.0 Å². The van der Waals surface area contributed by atoms with Crippen molar-refractivity contribution < 1.29 is 14.3 Å². The molecule has 3 aromatic rings. The summed E-state index contributed by atoms with van der Waals surface area (Å²) in [5, 5.41) is 11.4. The highest BCUT2D eigenvalue weighted by Gasteiger charge is 2.20. The molecule has 1 aromatic carbocycles. The number of carbonyl (C=O) groups excluding carboxylic acids is 2. The van der Waals surface area contributed by atoms with Crippen LogP contribution in [0.3, 0.4) is 0 Å². The van der Waals surface area contributed by atoms with Crippen molar-refractivity contribution in [2.24, 2.45) is 0 Å². The number of nitrogens with zero attached hydrogens (tertiary/aromatic N) is 5. The molecule has 2 aromatic heterocycles. The minimum Gasteiger partial charge on any atom is -0.443 e. The summed E-state index contributed by atoms with van der Waals surface area (Å²) >= 11 is 0. The zero-order valence-electron chi connectivity index (χ0n) is 26.6. The van der Waals surface area contributed by atoms with Crippen LogP contribution in [-0.4, -0.2) is 48.7 Å². The van der Waals surface area contributed by atoms with Gasteiger partial charge in [-0.1, -0.05) is 69.2 Å². The van der Waals surface area contributed by atoms with Gasteiger partial charge in [-0.15, -0.1) is 5.10 Å². The Morgan fingerprint density at radius 2 is 1.49 bits per heavy atom. The van der Waals surface area contributed by atoms with Gasteiger partial charge in [0.05, 0.1) is 17.9 Å². The number of hydrogen-bond donors (Lipinski definition) is 2. The summed E-state index contributed by atoms with van der Waals surface area (Å²) in [6, 6.07) is 7.98. The van der Waals surface area contributed by atoms with Crippen LogP contribution in [0.15, 0.2) is 36.7 Å². The average Bonchev–Trinajstić information content (AvgIpc) is 3.57. The third kappa shape index (κ3) is 12.6. The molecule has 0 radical (unpaired) electrons. The predicted octanol–water partition coefficient (Wildman–Crippen LogP) is 6.52.